The summed E-state index contributed by atoms with van der Waals surface area (Å²) in [7, 11) is 3.52. The number of methoxy groups -OCH3 is 1. The highest BCUT2D eigenvalue weighted by atomic mass is 16.5. The molecule has 3 aromatic rings. The maximum Gasteiger partial charge on any atom is 0.272 e. The molecule has 0 aliphatic rings. The summed E-state index contributed by atoms with van der Waals surface area (Å²) in [5.41, 5.74) is 3.42. The third-order valence-corrected chi connectivity index (χ3v) is 3.89. The Morgan fingerprint density at radius 2 is 1.91 bits per heavy atom. The minimum Gasteiger partial charge on any atom is -0.496 e. The molecule has 112 valence electrons. The first-order chi connectivity index (χ1) is 10.6. The normalized spacial score (nSPS) is 10.7. The van der Waals surface area contributed by atoms with Gasteiger partial charge in [0.1, 0.15) is 11.4 Å². The standard InChI is InChI=1S/C18H18N2O2/c1-12-7-4-5-8-14(12)19-18(21)16-11-13-15(20(16)2)9-6-10-17(13)22-3/h4-11H,1-3H3,(H,19,21). The second-order valence-electron chi connectivity index (χ2n) is 5.25. The van der Waals surface area contributed by atoms with Crippen LogP contribution in [0.1, 0.15) is 16.1 Å². The first kappa shape index (κ1) is 14.2. The number of ether oxygens (including phenoxy) is 1. The maximum atomic E-state index is 12.6. The topological polar surface area (TPSA) is 43.3 Å². The smallest absolute Gasteiger partial charge is 0.272 e. The van der Waals surface area contributed by atoms with Gasteiger partial charge in [0.2, 0.25) is 0 Å². The minimum atomic E-state index is -0.130. The van der Waals surface area contributed by atoms with E-state index in [2.05, 4.69) is 5.32 Å². The Labute approximate surface area is 129 Å². The summed E-state index contributed by atoms with van der Waals surface area (Å²) in [4.78, 5) is 12.6. The number of aromatic nitrogens is 1. The van der Waals surface area contributed by atoms with Crippen molar-refractivity contribution in [2.24, 2.45) is 7.05 Å². The number of carbonyl (C=O) groups excluding carboxylic acids is 1. The van der Waals surface area contributed by atoms with Gasteiger partial charge in [0.25, 0.3) is 5.91 Å². The second kappa shape index (κ2) is 5.56. The van der Waals surface area contributed by atoms with Crippen LogP contribution in [0.2, 0.25) is 0 Å². The zero-order chi connectivity index (χ0) is 15.7. The van der Waals surface area contributed by atoms with E-state index in [0.29, 0.717) is 5.69 Å². The van der Waals surface area contributed by atoms with Crippen molar-refractivity contribution >= 4 is 22.5 Å². The molecular formula is C18H18N2O2. The van der Waals surface area contributed by atoms with Gasteiger partial charge in [-0.25, -0.2) is 0 Å². The molecule has 0 bridgehead atoms. The number of hydrogen-bond acceptors (Lipinski definition) is 2. The number of fused-ring (bicyclic) bond motifs is 1. The Morgan fingerprint density at radius 3 is 2.64 bits per heavy atom. The molecule has 0 atom stereocenters. The molecule has 22 heavy (non-hydrogen) atoms. The number of hydrogen-bond donors (Lipinski definition) is 1. The van der Waals surface area contributed by atoms with Crippen LogP contribution in [0.4, 0.5) is 5.69 Å². The molecule has 0 radical (unpaired) electrons. The molecule has 1 heterocycles. The van der Waals surface area contributed by atoms with E-state index in [4.69, 9.17) is 4.74 Å². The molecule has 0 aliphatic carbocycles. The molecular weight excluding hydrogens is 276 g/mol. The molecule has 0 unspecified atom stereocenters. The average Bonchev–Trinajstić information content (AvgIpc) is 2.87. The van der Waals surface area contributed by atoms with Crippen molar-refractivity contribution in [3.05, 3.63) is 59.8 Å². The van der Waals surface area contributed by atoms with Crippen molar-refractivity contribution in [2.75, 3.05) is 12.4 Å². The SMILES string of the molecule is COc1cccc2c1cc(C(=O)Nc1ccccc1C)n2C. The molecule has 4 heteroatoms. The zero-order valence-corrected chi connectivity index (χ0v) is 12.9. The van der Waals surface area contributed by atoms with E-state index < -0.39 is 0 Å². The van der Waals surface area contributed by atoms with Gasteiger partial charge in [0, 0.05) is 18.1 Å². The average molecular weight is 294 g/mol. The van der Waals surface area contributed by atoms with Gasteiger partial charge in [-0.2, -0.15) is 0 Å². The predicted octanol–water partition coefficient (Wildman–Crippen LogP) is 3.75. The zero-order valence-electron chi connectivity index (χ0n) is 12.9. The van der Waals surface area contributed by atoms with E-state index in [-0.39, 0.29) is 5.91 Å². The fourth-order valence-corrected chi connectivity index (χ4v) is 2.63. The lowest BCUT2D eigenvalue weighted by Gasteiger charge is -2.08. The lowest BCUT2D eigenvalue weighted by molar-refractivity contribution is 0.101. The molecule has 4 nitrogen and oxygen atoms in total. The Kier molecular flexibility index (Phi) is 3.59. The van der Waals surface area contributed by atoms with E-state index in [1.165, 1.54) is 0 Å². The van der Waals surface area contributed by atoms with Crippen LogP contribution in [0.25, 0.3) is 10.9 Å². The summed E-state index contributed by atoms with van der Waals surface area (Å²) >= 11 is 0. The Hall–Kier alpha value is -2.75. The van der Waals surface area contributed by atoms with Crippen molar-refractivity contribution in [3.63, 3.8) is 0 Å². The molecule has 1 aromatic heterocycles. The summed E-state index contributed by atoms with van der Waals surface area (Å²) in [5, 5.41) is 3.90. The Morgan fingerprint density at radius 1 is 1.14 bits per heavy atom. The largest absolute Gasteiger partial charge is 0.496 e. The molecule has 0 saturated heterocycles. The molecule has 2 aromatic carbocycles. The first-order valence-corrected chi connectivity index (χ1v) is 7.11. The second-order valence-corrected chi connectivity index (χ2v) is 5.25. The molecule has 0 fully saturated rings. The number of benzene rings is 2. The number of nitrogens with one attached hydrogen (secondary N) is 1. The lowest BCUT2D eigenvalue weighted by atomic mass is 10.2. The van der Waals surface area contributed by atoms with Gasteiger partial charge in [0.15, 0.2) is 0 Å². The van der Waals surface area contributed by atoms with Crippen LogP contribution in [-0.2, 0) is 7.05 Å². The van der Waals surface area contributed by atoms with Crippen LogP contribution in [-0.4, -0.2) is 17.6 Å². The van der Waals surface area contributed by atoms with E-state index in [1.807, 2.05) is 67.1 Å². The highest BCUT2D eigenvalue weighted by Gasteiger charge is 2.16. The number of rotatable bonds is 3. The molecule has 1 N–H and O–H groups in total. The minimum absolute atomic E-state index is 0.130. The lowest BCUT2D eigenvalue weighted by Crippen LogP contribution is -2.16. The van der Waals surface area contributed by atoms with Gasteiger partial charge in [-0.3, -0.25) is 4.79 Å². The van der Waals surface area contributed by atoms with Crippen LogP contribution in [0.3, 0.4) is 0 Å². The summed E-state index contributed by atoms with van der Waals surface area (Å²) in [6.45, 7) is 1.97. The maximum absolute atomic E-state index is 12.6. The first-order valence-electron chi connectivity index (χ1n) is 7.11. The van der Waals surface area contributed by atoms with Crippen molar-refractivity contribution in [3.8, 4) is 5.75 Å². The summed E-state index contributed by atoms with van der Waals surface area (Å²) < 4.78 is 7.25. The highest BCUT2D eigenvalue weighted by Crippen LogP contribution is 2.28. The Bertz CT molecular complexity index is 849. The van der Waals surface area contributed by atoms with Gasteiger partial charge < -0.3 is 14.6 Å². The third-order valence-electron chi connectivity index (χ3n) is 3.89. The molecule has 0 aliphatic heterocycles. The van der Waals surface area contributed by atoms with Crippen molar-refractivity contribution in [1.82, 2.24) is 4.57 Å². The van der Waals surface area contributed by atoms with Crippen molar-refractivity contribution in [1.29, 1.82) is 0 Å². The van der Waals surface area contributed by atoms with E-state index in [0.717, 1.165) is 27.9 Å². The fraction of sp³-hybridized carbons (Fsp3) is 0.167. The third kappa shape index (κ3) is 2.33. The van der Waals surface area contributed by atoms with Crippen LogP contribution >= 0.6 is 0 Å². The predicted molar refractivity (Wildman–Crippen MR) is 88.6 cm³/mol. The molecule has 0 spiro atoms. The molecule has 1 amide bonds. The molecule has 0 saturated carbocycles. The van der Waals surface area contributed by atoms with Crippen LogP contribution in [0.5, 0.6) is 5.75 Å². The monoisotopic (exact) mass is 294 g/mol. The number of nitrogens with zero attached hydrogens (tertiary/aromatic N) is 1. The fourth-order valence-electron chi connectivity index (χ4n) is 2.63. The highest BCUT2D eigenvalue weighted by molar-refractivity contribution is 6.07. The van der Waals surface area contributed by atoms with Gasteiger partial charge >= 0.3 is 0 Å². The van der Waals surface area contributed by atoms with Crippen molar-refractivity contribution < 1.29 is 9.53 Å². The van der Waals surface area contributed by atoms with E-state index in [1.54, 1.807) is 7.11 Å². The van der Waals surface area contributed by atoms with Gasteiger partial charge in [-0.05, 0) is 36.8 Å². The summed E-state index contributed by atoms with van der Waals surface area (Å²) in [6, 6.07) is 15.4. The summed E-state index contributed by atoms with van der Waals surface area (Å²) in [6.07, 6.45) is 0. The number of para-hydroxylation sites is 1. The number of anilines is 1. The van der Waals surface area contributed by atoms with Crippen LogP contribution in [0.15, 0.2) is 48.5 Å². The van der Waals surface area contributed by atoms with Crippen LogP contribution in [0, 0.1) is 6.92 Å². The van der Waals surface area contributed by atoms with Crippen LogP contribution < -0.4 is 10.1 Å². The number of amides is 1. The Balaban J connectivity index is 2.01. The van der Waals surface area contributed by atoms with Gasteiger partial charge in [0.05, 0.1) is 12.6 Å². The summed E-state index contributed by atoms with van der Waals surface area (Å²) in [5.74, 6) is 0.637. The molecule has 3 rings (SSSR count). The van der Waals surface area contributed by atoms with Gasteiger partial charge in [-0.1, -0.05) is 24.3 Å². The van der Waals surface area contributed by atoms with E-state index >= 15 is 0 Å². The number of carbonyl (C=O) groups is 1. The number of aryl methyl sites for hydroxylation is 2. The quantitative estimate of drug-likeness (QED) is 0.799. The van der Waals surface area contributed by atoms with Gasteiger partial charge in [-0.15, -0.1) is 0 Å². The van der Waals surface area contributed by atoms with Crippen molar-refractivity contribution in [2.45, 2.75) is 6.92 Å². The van der Waals surface area contributed by atoms with E-state index in [9.17, 15) is 4.79 Å².